The third kappa shape index (κ3) is 2.01. The maximum Gasteiger partial charge on any atom is 0.141 e. The van der Waals surface area contributed by atoms with Crippen molar-refractivity contribution >= 4 is 0 Å². The zero-order valence-corrected chi connectivity index (χ0v) is 8.20. The minimum atomic E-state index is 0. The van der Waals surface area contributed by atoms with Crippen molar-refractivity contribution in [1.82, 2.24) is 9.97 Å². The van der Waals surface area contributed by atoms with Crippen LogP contribution < -0.4 is 0 Å². The first-order valence-corrected chi connectivity index (χ1v) is 4.50. The van der Waals surface area contributed by atoms with E-state index in [1.54, 1.807) is 12.1 Å². The van der Waals surface area contributed by atoms with Crippen molar-refractivity contribution in [3.05, 3.63) is 35.7 Å². The van der Waals surface area contributed by atoms with Gasteiger partial charge in [-0.1, -0.05) is 19.6 Å². The van der Waals surface area contributed by atoms with E-state index < -0.39 is 0 Å². The average molecular weight is 204 g/mol. The van der Waals surface area contributed by atoms with E-state index in [4.69, 9.17) is 0 Å². The zero-order valence-electron chi connectivity index (χ0n) is 8.20. The molecule has 0 saturated heterocycles. The number of nitrogens with one attached hydrogen (secondary N) is 1. The number of aromatic nitrogens is 2. The number of H-pyrrole nitrogens is 1. The molecule has 0 aliphatic rings. The van der Waals surface area contributed by atoms with Gasteiger partial charge in [0.1, 0.15) is 11.6 Å². The summed E-state index contributed by atoms with van der Waals surface area (Å²) in [7, 11) is 0. The van der Waals surface area contributed by atoms with Crippen molar-refractivity contribution in [3.63, 3.8) is 0 Å². The molecule has 2 N–H and O–H groups in total. The molecule has 0 unspecified atom stereocenters. The monoisotopic (exact) mass is 204 g/mol. The summed E-state index contributed by atoms with van der Waals surface area (Å²) in [5.41, 5.74) is 2.73. The number of nitrogens with zero attached hydrogens (tertiary/aromatic N) is 1. The number of phenolic OH excluding ortho intramolecular Hbond substituents is 1. The number of aromatic hydroxyl groups is 1. The Kier molecular flexibility index (Phi) is 3.14. The first-order chi connectivity index (χ1) is 6.68. The normalized spacial score (nSPS) is 9.73. The van der Waals surface area contributed by atoms with Gasteiger partial charge in [0, 0.05) is 5.69 Å². The minimum absolute atomic E-state index is 0. The largest absolute Gasteiger partial charge is 0.507 e. The average Bonchev–Trinajstić information content (AvgIpc) is 2.48. The molecule has 3 nitrogen and oxygen atoms in total. The Labute approximate surface area is 89.8 Å². The highest BCUT2D eigenvalue weighted by atomic mass is 16.3. The molecule has 1 heterocycles. The molecule has 0 spiro atoms. The van der Waals surface area contributed by atoms with E-state index in [1.807, 2.05) is 26.0 Å². The summed E-state index contributed by atoms with van der Waals surface area (Å²) in [6.45, 7) is 3.90. The molecule has 0 amide bonds. The van der Waals surface area contributed by atoms with Gasteiger partial charge in [-0.3, -0.25) is 0 Å². The van der Waals surface area contributed by atoms with E-state index in [0.29, 0.717) is 0 Å². The number of imidazole rings is 1. The van der Waals surface area contributed by atoms with Gasteiger partial charge in [-0.2, -0.15) is 0 Å². The molecule has 0 atom stereocenters. The molecule has 0 aliphatic carbocycles. The molecule has 15 heavy (non-hydrogen) atoms. The number of phenols is 1. The lowest BCUT2D eigenvalue weighted by molar-refractivity contribution is 0.477. The lowest BCUT2D eigenvalue weighted by Gasteiger charge is -1.99. The van der Waals surface area contributed by atoms with Crippen LogP contribution in [0.5, 0.6) is 5.75 Å². The van der Waals surface area contributed by atoms with E-state index in [1.165, 1.54) is 0 Å². The summed E-state index contributed by atoms with van der Waals surface area (Å²) in [5, 5.41) is 9.60. The van der Waals surface area contributed by atoms with Gasteiger partial charge in [0.05, 0.1) is 11.3 Å². The van der Waals surface area contributed by atoms with Crippen molar-refractivity contribution in [2.24, 2.45) is 0 Å². The fraction of sp³-hybridized carbons (Fsp3) is 0.250. The molecule has 0 bridgehead atoms. The Bertz CT molecular complexity index is 441. The van der Waals surface area contributed by atoms with Crippen molar-refractivity contribution in [2.75, 3.05) is 0 Å². The van der Waals surface area contributed by atoms with Gasteiger partial charge in [-0.05, 0) is 26.0 Å². The second kappa shape index (κ2) is 4.17. The van der Waals surface area contributed by atoms with Crippen molar-refractivity contribution < 1.29 is 5.11 Å². The third-order valence-corrected chi connectivity index (χ3v) is 2.29. The van der Waals surface area contributed by atoms with Crippen LogP contribution in [0, 0.1) is 13.8 Å². The Morgan fingerprint density at radius 1 is 1.20 bits per heavy atom. The van der Waals surface area contributed by atoms with Crippen LogP contribution in [0.25, 0.3) is 11.4 Å². The number of hydrogen-bond donors (Lipinski definition) is 2. The molecule has 0 saturated carbocycles. The van der Waals surface area contributed by atoms with Crippen LogP contribution in [0.1, 0.15) is 18.8 Å². The third-order valence-electron chi connectivity index (χ3n) is 2.29. The number of benzene rings is 1. The summed E-state index contributed by atoms with van der Waals surface area (Å²) in [4.78, 5) is 7.46. The van der Waals surface area contributed by atoms with Crippen LogP contribution in [-0.4, -0.2) is 15.1 Å². The van der Waals surface area contributed by atoms with Crippen LogP contribution >= 0.6 is 0 Å². The van der Waals surface area contributed by atoms with Gasteiger partial charge >= 0.3 is 0 Å². The van der Waals surface area contributed by atoms with Crippen molar-refractivity contribution in [2.45, 2.75) is 21.3 Å². The Morgan fingerprint density at radius 2 is 1.87 bits per heavy atom. The lowest BCUT2D eigenvalue weighted by atomic mass is 10.2. The van der Waals surface area contributed by atoms with Gasteiger partial charge < -0.3 is 10.1 Å². The number of rotatable bonds is 1. The summed E-state index contributed by atoms with van der Waals surface area (Å²) in [5.74, 6) is 0.972. The highest BCUT2D eigenvalue weighted by Gasteiger charge is 2.08. The smallest absolute Gasteiger partial charge is 0.141 e. The quantitative estimate of drug-likeness (QED) is 0.750. The second-order valence-electron chi connectivity index (χ2n) is 3.31. The molecule has 0 radical (unpaired) electrons. The topological polar surface area (TPSA) is 48.9 Å². The first-order valence-electron chi connectivity index (χ1n) is 4.50. The van der Waals surface area contributed by atoms with E-state index >= 15 is 0 Å². The van der Waals surface area contributed by atoms with Crippen LogP contribution in [0.2, 0.25) is 0 Å². The molecule has 2 rings (SSSR count). The van der Waals surface area contributed by atoms with Gasteiger partial charge in [0.25, 0.3) is 0 Å². The Morgan fingerprint density at radius 3 is 2.40 bits per heavy atom. The van der Waals surface area contributed by atoms with Crippen LogP contribution in [0.4, 0.5) is 0 Å². The molecule has 0 fully saturated rings. The van der Waals surface area contributed by atoms with Crippen LogP contribution in [-0.2, 0) is 0 Å². The Balaban J connectivity index is 0.00000112. The molecular formula is C12H16N2O. The molecule has 3 heteroatoms. The maximum atomic E-state index is 9.60. The summed E-state index contributed by atoms with van der Waals surface area (Å²) in [6, 6.07) is 7.17. The fourth-order valence-corrected chi connectivity index (χ4v) is 1.35. The zero-order chi connectivity index (χ0) is 10.1. The second-order valence-corrected chi connectivity index (χ2v) is 3.31. The maximum absolute atomic E-state index is 9.60. The molecular weight excluding hydrogens is 188 g/mol. The van der Waals surface area contributed by atoms with Crippen molar-refractivity contribution in [1.29, 1.82) is 0 Å². The van der Waals surface area contributed by atoms with Crippen molar-refractivity contribution in [3.8, 4) is 17.1 Å². The predicted molar refractivity (Wildman–Crippen MR) is 61.9 cm³/mol. The number of aromatic amines is 1. The SMILES string of the molecule is C.Cc1nc(-c2ccccc2O)[nH]c1C. The number of aryl methyl sites for hydroxylation is 2. The van der Waals surface area contributed by atoms with E-state index in [-0.39, 0.29) is 13.2 Å². The number of hydrogen-bond acceptors (Lipinski definition) is 2. The number of para-hydroxylation sites is 1. The minimum Gasteiger partial charge on any atom is -0.507 e. The van der Waals surface area contributed by atoms with E-state index in [0.717, 1.165) is 22.8 Å². The first kappa shape index (κ1) is 11.3. The highest BCUT2D eigenvalue weighted by Crippen LogP contribution is 2.26. The van der Waals surface area contributed by atoms with E-state index in [2.05, 4.69) is 9.97 Å². The van der Waals surface area contributed by atoms with Gasteiger partial charge in [-0.15, -0.1) is 0 Å². The summed E-state index contributed by atoms with van der Waals surface area (Å²) in [6.07, 6.45) is 0. The highest BCUT2D eigenvalue weighted by molar-refractivity contribution is 5.63. The van der Waals surface area contributed by atoms with Gasteiger partial charge in [0.2, 0.25) is 0 Å². The predicted octanol–water partition coefficient (Wildman–Crippen LogP) is 3.04. The molecule has 2 aromatic rings. The van der Waals surface area contributed by atoms with Crippen LogP contribution in [0.15, 0.2) is 24.3 Å². The molecule has 0 aliphatic heterocycles. The van der Waals surface area contributed by atoms with Gasteiger partial charge in [0.15, 0.2) is 0 Å². The summed E-state index contributed by atoms with van der Waals surface area (Å²) < 4.78 is 0. The summed E-state index contributed by atoms with van der Waals surface area (Å²) >= 11 is 0. The fourth-order valence-electron chi connectivity index (χ4n) is 1.35. The molecule has 80 valence electrons. The van der Waals surface area contributed by atoms with Gasteiger partial charge in [-0.25, -0.2) is 4.98 Å². The standard InChI is InChI=1S/C11H12N2O.CH4/c1-7-8(2)13-11(12-7)9-5-3-4-6-10(9)14;/h3-6,14H,1-2H3,(H,12,13);1H4. The lowest BCUT2D eigenvalue weighted by Crippen LogP contribution is -1.81. The van der Waals surface area contributed by atoms with Crippen LogP contribution in [0.3, 0.4) is 0 Å². The molecule has 1 aromatic heterocycles. The molecule has 1 aromatic carbocycles. The Hall–Kier alpha value is -1.77. The van der Waals surface area contributed by atoms with E-state index in [9.17, 15) is 5.11 Å².